The molecule has 3 saturated carbocycles. The summed E-state index contributed by atoms with van der Waals surface area (Å²) in [5.74, 6) is 0.614. The van der Waals surface area contributed by atoms with E-state index in [1.54, 1.807) is 0 Å². The minimum Gasteiger partial charge on any atom is -0.351 e. The molecule has 3 N–H and O–H groups in total. The van der Waals surface area contributed by atoms with Crippen LogP contribution in [0.15, 0.2) is 0 Å². The molecular formula is C11H19ClN2O. The van der Waals surface area contributed by atoms with Gasteiger partial charge in [0.2, 0.25) is 5.91 Å². The van der Waals surface area contributed by atoms with E-state index in [1.807, 2.05) is 0 Å². The third kappa shape index (κ3) is 1.87. The Morgan fingerprint density at radius 3 is 2.47 bits per heavy atom. The number of halogens is 1. The molecular weight excluding hydrogens is 212 g/mol. The van der Waals surface area contributed by atoms with Gasteiger partial charge in [0, 0.05) is 18.0 Å². The second-order valence-electron chi connectivity index (χ2n) is 5.34. The van der Waals surface area contributed by atoms with Crippen molar-refractivity contribution in [3.05, 3.63) is 0 Å². The van der Waals surface area contributed by atoms with Crippen molar-refractivity contribution in [2.45, 2.75) is 50.6 Å². The lowest BCUT2D eigenvalue weighted by Crippen LogP contribution is -2.32. The Morgan fingerprint density at radius 2 is 1.93 bits per heavy atom. The van der Waals surface area contributed by atoms with Crippen LogP contribution in [0.4, 0.5) is 0 Å². The smallest absolute Gasteiger partial charge is 0.223 e. The monoisotopic (exact) mass is 230 g/mol. The molecule has 0 aromatic rings. The van der Waals surface area contributed by atoms with Gasteiger partial charge in [0.05, 0.1) is 0 Å². The molecule has 3 unspecified atom stereocenters. The van der Waals surface area contributed by atoms with Crippen LogP contribution in [0.2, 0.25) is 0 Å². The average Bonchev–Trinajstić information content (AvgIpc) is 2.91. The Morgan fingerprint density at radius 1 is 1.33 bits per heavy atom. The summed E-state index contributed by atoms with van der Waals surface area (Å²) in [6.45, 7) is 0. The van der Waals surface area contributed by atoms with Gasteiger partial charge in [-0.25, -0.2) is 0 Å². The standard InChI is InChI=1S/C11H18N2O.ClH/c12-8-5-9(8)13-10(14)7-6-11(7)3-1-2-4-11;/h7-9H,1-6,12H2,(H,13,14);1H. The maximum Gasteiger partial charge on any atom is 0.223 e. The van der Waals surface area contributed by atoms with Gasteiger partial charge in [0.1, 0.15) is 0 Å². The molecule has 3 nitrogen and oxygen atoms in total. The van der Waals surface area contributed by atoms with Crippen LogP contribution in [0, 0.1) is 11.3 Å². The summed E-state index contributed by atoms with van der Waals surface area (Å²) in [5, 5.41) is 3.05. The molecule has 0 radical (unpaired) electrons. The number of hydrogen-bond donors (Lipinski definition) is 2. The predicted octanol–water partition coefficient (Wildman–Crippen LogP) is 1.20. The lowest BCUT2D eigenvalue weighted by molar-refractivity contribution is -0.123. The zero-order valence-corrected chi connectivity index (χ0v) is 9.69. The van der Waals surface area contributed by atoms with E-state index in [-0.39, 0.29) is 24.4 Å². The summed E-state index contributed by atoms with van der Waals surface area (Å²) in [5.41, 5.74) is 6.10. The van der Waals surface area contributed by atoms with Gasteiger partial charge in [-0.05, 0) is 31.1 Å². The average molecular weight is 231 g/mol. The molecule has 1 spiro atoms. The Labute approximate surface area is 96.6 Å². The molecule has 86 valence electrons. The van der Waals surface area contributed by atoms with Crippen molar-refractivity contribution in [2.75, 3.05) is 0 Å². The fourth-order valence-electron chi connectivity index (χ4n) is 3.01. The summed E-state index contributed by atoms with van der Waals surface area (Å²) in [6.07, 6.45) is 7.33. The molecule has 0 bridgehead atoms. The van der Waals surface area contributed by atoms with Crippen LogP contribution < -0.4 is 11.1 Å². The number of hydrogen-bond acceptors (Lipinski definition) is 2. The fourth-order valence-corrected chi connectivity index (χ4v) is 3.01. The highest BCUT2D eigenvalue weighted by Crippen LogP contribution is 2.62. The number of nitrogens with two attached hydrogens (primary N) is 1. The molecule has 1 amide bonds. The lowest BCUT2D eigenvalue weighted by atomic mass is 10.0. The van der Waals surface area contributed by atoms with Crippen molar-refractivity contribution >= 4 is 18.3 Å². The molecule has 0 heterocycles. The van der Waals surface area contributed by atoms with Gasteiger partial charge >= 0.3 is 0 Å². The first-order chi connectivity index (χ1) is 6.71. The molecule has 15 heavy (non-hydrogen) atoms. The van der Waals surface area contributed by atoms with Crippen molar-refractivity contribution in [1.82, 2.24) is 5.32 Å². The zero-order chi connectivity index (χ0) is 9.76. The normalized spacial score (nSPS) is 39.7. The summed E-state index contributed by atoms with van der Waals surface area (Å²) in [7, 11) is 0. The molecule has 4 heteroatoms. The summed E-state index contributed by atoms with van der Waals surface area (Å²) in [4.78, 5) is 11.8. The van der Waals surface area contributed by atoms with E-state index in [9.17, 15) is 4.79 Å². The molecule has 0 aromatic carbocycles. The minimum absolute atomic E-state index is 0. The van der Waals surface area contributed by atoms with Crippen LogP contribution in [0.25, 0.3) is 0 Å². The van der Waals surface area contributed by atoms with Crippen LogP contribution in [0.5, 0.6) is 0 Å². The maximum atomic E-state index is 11.8. The van der Waals surface area contributed by atoms with E-state index in [2.05, 4.69) is 5.32 Å². The third-order valence-corrected chi connectivity index (χ3v) is 4.27. The number of nitrogens with one attached hydrogen (secondary N) is 1. The van der Waals surface area contributed by atoms with Crippen molar-refractivity contribution in [2.24, 2.45) is 17.1 Å². The summed E-state index contributed by atoms with van der Waals surface area (Å²) in [6, 6.07) is 0.527. The van der Waals surface area contributed by atoms with Crippen molar-refractivity contribution in [3.8, 4) is 0 Å². The second kappa shape index (κ2) is 3.63. The highest BCUT2D eigenvalue weighted by molar-refractivity contribution is 5.85. The summed E-state index contributed by atoms with van der Waals surface area (Å²) >= 11 is 0. The van der Waals surface area contributed by atoms with Crippen molar-refractivity contribution in [1.29, 1.82) is 0 Å². The molecule has 3 aliphatic rings. The van der Waals surface area contributed by atoms with E-state index < -0.39 is 0 Å². The lowest BCUT2D eigenvalue weighted by Gasteiger charge is -2.08. The molecule has 0 aliphatic heterocycles. The quantitative estimate of drug-likeness (QED) is 0.749. The van der Waals surface area contributed by atoms with E-state index in [0.29, 0.717) is 17.4 Å². The second-order valence-corrected chi connectivity index (χ2v) is 5.34. The van der Waals surface area contributed by atoms with Crippen LogP contribution in [0.3, 0.4) is 0 Å². The van der Waals surface area contributed by atoms with Gasteiger partial charge in [0.15, 0.2) is 0 Å². The van der Waals surface area contributed by atoms with Crippen molar-refractivity contribution < 1.29 is 4.79 Å². The molecule has 3 rings (SSSR count). The fraction of sp³-hybridized carbons (Fsp3) is 0.909. The Hall–Kier alpha value is -0.280. The SMILES string of the molecule is Cl.NC1CC1NC(=O)C1CC12CCCC2. The van der Waals surface area contributed by atoms with Gasteiger partial charge < -0.3 is 11.1 Å². The van der Waals surface area contributed by atoms with E-state index in [1.165, 1.54) is 25.7 Å². The largest absolute Gasteiger partial charge is 0.351 e. The molecule has 3 aliphatic carbocycles. The van der Waals surface area contributed by atoms with Crippen LogP contribution >= 0.6 is 12.4 Å². The Kier molecular flexibility index (Phi) is 2.72. The van der Waals surface area contributed by atoms with Gasteiger partial charge in [-0.15, -0.1) is 12.4 Å². The molecule has 0 saturated heterocycles. The van der Waals surface area contributed by atoms with Gasteiger partial charge in [0.25, 0.3) is 0 Å². The van der Waals surface area contributed by atoms with E-state index in [4.69, 9.17) is 5.73 Å². The third-order valence-electron chi connectivity index (χ3n) is 4.27. The maximum absolute atomic E-state index is 11.8. The highest BCUT2D eigenvalue weighted by atomic mass is 35.5. The van der Waals surface area contributed by atoms with Gasteiger partial charge in [-0.2, -0.15) is 0 Å². The van der Waals surface area contributed by atoms with E-state index in [0.717, 1.165) is 12.8 Å². The minimum atomic E-state index is 0. The van der Waals surface area contributed by atoms with Crippen LogP contribution in [-0.4, -0.2) is 18.0 Å². The topological polar surface area (TPSA) is 55.1 Å². The number of amides is 1. The van der Waals surface area contributed by atoms with Crippen LogP contribution in [0.1, 0.15) is 38.5 Å². The van der Waals surface area contributed by atoms with Crippen molar-refractivity contribution in [3.63, 3.8) is 0 Å². The zero-order valence-electron chi connectivity index (χ0n) is 8.87. The highest BCUT2D eigenvalue weighted by Gasteiger charge is 2.59. The van der Waals surface area contributed by atoms with Gasteiger partial charge in [-0.3, -0.25) is 4.79 Å². The first kappa shape index (κ1) is 11.2. The van der Waals surface area contributed by atoms with Gasteiger partial charge in [-0.1, -0.05) is 12.8 Å². The summed E-state index contributed by atoms with van der Waals surface area (Å²) < 4.78 is 0. The Bertz CT molecular complexity index is 276. The Balaban J connectivity index is 0.000000853. The number of carbonyl (C=O) groups excluding carboxylic acids is 1. The first-order valence-corrected chi connectivity index (χ1v) is 5.77. The molecule has 3 atom stereocenters. The van der Waals surface area contributed by atoms with Crippen LogP contribution in [-0.2, 0) is 4.79 Å². The molecule has 0 aromatic heterocycles. The number of carbonyl (C=O) groups is 1. The molecule has 3 fully saturated rings. The first-order valence-electron chi connectivity index (χ1n) is 5.77. The number of rotatable bonds is 2. The predicted molar refractivity (Wildman–Crippen MR) is 60.8 cm³/mol. The van der Waals surface area contributed by atoms with E-state index >= 15 is 0 Å².